The van der Waals surface area contributed by atoms with Crippen molar-refractivity contribution in [2.24, 2.45) is 5.92 Å². The molecule has 0 heterocycles. The molecule has 34 heavy (non-hydrogen) atoms. The molecule has 0 fully saturated rings. The molecule has 2 N–H and O–H groups in total. The van der Waals surface area contributed by atoms with Crippen LogP contribution in [-0.4, -0.2) is 42.6 Å². The lowest BCUT2D eigenvalue weighted by atomic mass is 10.0. The third-order valence-corrected chi connectivity index (χ3v) is 5.14. The number of nitrogens with one attached hydrogen (secondary N) is 2. The van der Waals surface area contributed by atoms with Crippen LogP contribution in [0.15, 0.2) is 54.6 Å². The first-order valence-corrected chi connectivity index (χ1v) is 11.7. The predicted octanol–water partition coefficient (Wildman–Crippen LogP) is 4.58. The molecule has 7 nitrogen and oxygen atoms in total. The molecule has 0 aliphatic heterocycles. The number of para-hydroxylation sites is 1. The Morgan fingerprint density at radius 3 is 2.18 bits per heavy atom. The first-order valence-electron chi connectivity index (χ1n) is 11.3. The van der Waals surface area contributed by atoms with Crippen molar-refractivity contribution in [2.45, 2.75) is 52.7 Å². The minimum absolute atomic E-state index is 0.178. The molecule has 0 saturated carbocycles. The SMILES string of the molecule is CC(C)[C@H](NC(=O)OC(C)(C)C)C(=O)N(CC(=O)NCCc1ccc(Cl)cc1)c1ccccc1. The predicted molar refractivity (Wildman–Crippen MR) is 135 cm³/mol. The summed E-state index contributed by atoms with van der Waals surface area (Å²) in [7, 11) is 0. The molecule has 184 valence electrons. The van der Waals surface area contributed by atoms with E-state index in [1.54, 1.807) is 57.2 Å². The Labute approximate surface area is 206 Å². The number of halogens is 1. The van der Waals surface area contributed by atoms with Gasteiger partial charge in [-0.2, -0.15) is 0 Å². The van der Waals surface area contributed by atoms with Gasteiger partial charge in [0.25, 0.3) is 0 Å². The fourth-order valence-electron chi connectivity index (χ4n) is 3.22. The topological polar surface area (TPSA) is 87.7 Å². The number of ether oxygens (including phenoxy) is 1. The fraction of sp³-hybridized carbons (Fsp3) is 0.423. The van der Waals surface area contributed by atoms with Gasteiger partial charge in [0, 0.05) is 17.3 Å². The van der Waals surface area contributed by atoms with Crippen molar-refractivity contribution >= 4 is 35.2 Å². The molecule has 0 bridgehead atoms. The van der Waals surface area contributed by atoms with Crippen molar-refractivity contribution < 1.29 is 19.1 Å². The van der Waals surface area contributed by atoms with Crippen molar-refractivity contribution in [1.82, 2.24) is 10.6 Å². The van der Waals surface area contributed by atoms with Crippen molar-refractivity contribution in [2.75, 3.05) is 18.0 Å². The lowest BCUT2D eigenvalue weighted by molar-refractivity contribution is -0.125. The normalized spacial score (nSPS) is 12.1. The molecule has 2 aromatic carbocycles. The highest BCUT2D eigenvalue weighted by Crippen LogP contribution is 2.18. The highest BCUT2D eigenvalue weighted by Gasteiger charge is 2.32. The van der Waals surface area contributed by atoms with E-state index in [0.717, 1.165) is 5.56 Å². The summed E-state index contributed by atoms with van der Waals surface area (Å²) in [6.07, 6.45) is -0.0447. The average Bonchev–Trinajstić information content (AvgIpc) is 2.76. The fourth-order valence-corrected chi connectivity index (χ4v) is 3.34. The molecular formula is C26H34ClN3O4. The average molecular weight is 488 g/mol. The van der Waals surface area contributed by atoms with E-state index in [9.17, 15) is 14.4 Å². The number of nitrogens with zero attached hydrogens (tertiary/aromatic N) is 1. The third kappa shape index (κ3) is 9.06. The van der Waals surface area contributed by atoms with E-state index in [2.05, 4.69) is 10.6 Å². The van der Waals surface area contributed by atoms with Gasteiger partial charge in [0.15, 0.2) is 0 Å². The molecule has 1 atom stereocenters. The number of alkyl carbamates (subject to hydrolysis) is 1. The van der Waals surface area contributed by atoms with Gasteiger partial charge in [-0.15, -0.1) is 0 Å². The van der Waals surface area contributed by atoms with Crippen LogP contribution < -0.4 is 15.5 Å². The summed E-state index contributed by atoms with van der Waals surface area (Å²) in [5.41, 5.74) is 0.914. The van der Waals surface area contributed by atoms with Gasteiger partial charge in [-0.3, -0.25) is 9.59 Å². The van der Waals surface area contributed by atoms with Gasteiger partial charge in [-0.25, -0.2) is 4.79 Å². The molecular weight excluding hydrogens is 454 g/mol. The van der Waals surface area contributed by atoms with Gasteiger partial charge in [0.1, 0.15) is 18.2 Å². The van der Waals surface area contributed by atoms with E-state index in [1.165, 1.54) is 4.90 Å². The molecule has 0 spiro atoms. The van der Waals surface area contributed by atoms with Gasteiger partial charge in [-0.1, -0.05) is 55.8 Å². The van der Waals surface area contributed by atoms with Gasteiger partial charge < -0.3 is 20.3 Å². The van der Waals surface area contributed by atoms with Gasteiger partial charge >= 0.3 is 6.09 Å². The Morgan fingerprint density at radius 2 is 1.62 bits per heavy atom. The summed E-state index contributed by atoms with van der Waals surface area (Å²) in [5.74, 6) is -0.912. The first kappa shape index (κ1) is 27.2. The Balaban J connectivity index is 2.10. The Bertz CT molecular complexity index is 956. The van der Waals surface area contributed by atoms with E-state index in [0.29, 0.717) is 23.7 Å². The molecule has 0 aromatic heterocycles. The number of hydrogen-bond acceptors (Lipinski definition) is 4. The van der Waals surface area contributed by atoms with E-state index in [1.807, 2.05) is 32.0 Å². The number of rotatable bonds is 9. The maximum atomic E-state index is 13.5. The summed E-state index contributed by atoms with van der Waals surface area (Å²) in [4.78, 5) is 40.0. The van der Waals surface area contributed by atoms with Crippen molar-refractivity contribution in [3.8, 4) is 0 Å². The Morgan fingerprint density at radius 1 is 1.00 bits per heavy atom. The Kier molecular flexibility index (Phi) is 9.93. The Hall–Kier alpha value is -3.06. The van der Waals surface area contributed by atoms with Crippen molar-refractivity contribution in [3.05, 3.63) is 65.2 Å². The molecule has 2 aromatic rings. The summed E-state index contributed by atoms with van der Waals surface area (Å²) < 4.78 is 5.33. The first-order chi connectivity index (χ1) is 16.0. The number of hydrogen-bond donors (Lipinski definition) is 2. The quantitative estimate of drug-likeness (QED) is 0.542. The van der Waals surface area contributed by atoms with Crippen LogP contribution in [-0.2, 0) is 20.7 Å². The molecule has 0 saturated heterocycles. The molecule has 3 amide bonds. The van der Waals surface area contributed by atoms with Crippen LogP contribution in [0.5, 0.6) is 0 Å². The van der Waals surface area contributed by atoms with Crippen LogP contribution in [0, 0.1) is 5.92 Å². The standard InChI is InChI=1S/C26H34ClN3O4/c1-18(2)23(29-25(33)34-26(3,4)5)24(32)30(21-9-7-6-8-10-21)17-22(31)28-16-15-19-11-13-20(27)14-12-19/h6-14,18,23H,15-17H2,1-5H3,(H,28,31)(H,29,33)/t23-/m0/s1. The van der Waals surface area contributed by atoms with Crippen LogP contribution >= 0.6 is 11.6 Å². The zero-order valence-electron chi connectivity index (χ0n) is 20.4. The largest absolute Gasteiger partial charge is 0.444 e. The highest BCUT2D eigenvalue weighted by molar-refractivity contribution is 6.30. The number of carbonyl (C=O) groups is 3. The van der Waals surface area contributed by atoms with Gasteiger partial charge in [0.05, 0.1) is 0 Å². The van der Waals surface area contributed by atoms with Crippen LogP contribution in [0.2, 0.25) is 5.02 Å². The van der Waals surface area contributed by atoms with Crippen LogP contribution in [0.3, 0.4) is 0 Å². The minimum Gasteiger partial charge on any atom is -0.444 e. The number of amides is 3. The second kappa shape index (κ2) is 12.4. The lowest BCUT2D eigenvalue weighted by Gasteiger charge is -2.30. The molecule has 0 radical (unpaired) electrons. The summed E-state index contributed by atoms with van der Waals surface area (Å²) in [6, 6.07) is 15.5. The lowest BCUT2D eigenvalue weighted by Crippen LogP contribution is -2.54. The zero-order valence-corrected chi connectivity index (χ0v) is 21.2. The van der Waals surface area contributed by atoms with Crippen LogP contribution in [0.1, 0.15) is 40.2 Å². The van der Waals surface area contributed by atoms with Gasteiger partial charge in [-0.05, 0) is 62.9 Å². The van der Waals surface area contributed by atoms with E-state index in [-0.39, 0.29) is 24.3 Å². The number of anilines is 1. The second-order valence-corrected chi connectivity index (χ2v) is 9.79. The summed E-state index contributed by atoms with van der Waals surface area (Å²) in [6.45, 7) is 9.16. The number of carbonyl (C=O) groups excluding carboxylic acids is 3. The molecule has 0 aliphatic carbocycles. The van der Waals surface area contributed by atoms with Crippen molar-refractivity contribution in [3.63, 3.8) is 0 Å². The van der Waals surface area contributed by atoms with Crippen LogP contribution in [0.25, 0.3) is 0 Å². The smallest absolute Gasteiger partial charge is 0.408 e. The van der Waals surface area contributed by atoms with E-state index < -0.39 is 17.7 Å². The molecule has 0 aliphatic rings. The number of benzene rings is 2. The van der Waals surface area contributed by atoms with Crippen molar-refractivity contribution in [1.29, 1.82) is 0 Å². The zero-order chi connectivity index (χ0) is 25.3. The summed E-state index contributed by atoms with van der Waals surface area (Å²) in [5, 5.41) is 6.19. The maximum Gasteiger partial charge on any atom is 0.408 e. The second-order valence-electron chi connectivity index (χ2n) is 9.35. The van der Waals surface area contributed by atoms with E-state index in [4.69, 9.17) is 16.3 Å². The molecule has 2 rings (SSSR count). The monoisotopic (exact) mass is 487 g/mol. The van der Waals surface area contributed by atoms with Crippen LogP contribution in [0.4, 0.5) is 10.5 Å². The third-order valence-electron chi connectivity index (χ3n) is 4.89. The maximum absolute atomic E-state index is 13.5. The van der Waals surface area contributed by atoms with E-state index >= 15 is 0 Å². The molecule has 8 heteroatoms. The highest BCUT2D eigenvalue weighted by atomic mass is 35.5. The molecule has 0 unspecified atom stereocenters. The van der Waals surface area contributed by atoms with Gasteiger partial charge in [0.2, 0.25) is 11.8 Å². The minimum atomic E-state index is -0.864. The summed E-state index contributed by atoms with van der Waals surface area (Å²) >= 11 is 5.91.